The van der Waals surface area contributed by atoms with E-state index >= 15 is 0 Å². The Morgan fingerprint density at radius 1 is 1.26 bits per heavy atom. The molecule has 136 valence electrons. The van der Waals surface area contributed by atoms with Crippen LogP contribution in [0.25, 0.3) is 10.8 Å². The van der Waals surface area contributed by atoms with E-state index in [-0.39, 0.29) is 18.2 Å². The van der Waals surface area contributed by atoms with Crippen LogP contribution in [0.15, 0.2) is 42.1 Å². The summed E-state index contributed by atoms with van der Waals surface area (Å²) in [7, 11) is 0. The molecule has 1 saturated heterocycles. The van der Waals surface area contributed by atoms with Crippen molar-refractivity contribution in [2.24, 2.45) is 5.73 Å². The van der Waals surface area contributed by atoms with Gasteiger partial charge in [0.15, 0.2) is 0 Å². The maximum atomic E-state index is 13.0. The van der Waals surface area contributed by atoms with Gasteiger partial charge in [-0.15, -0.1) is 0 Å². The van der Waals surface area contributed by atoms with Gasteiger partial charge in [-0.3, -0.25) is 24.6 Å². The Hall–Kier alpha value is -3.48. The molecule has 2 aromatic carbocycles. The second kappa shape index (κ2) is 6.35. The Morgan fingerprint density at radius 2 is 2.07 bits per heavy atom. The average molecular weight is 362 g/mol. The molecule has 7 heteroatoms. The van der Waals surface area contributed by atoms with Crippen LogP contribution in [0.1, 0.15) is 28.8 Å². The zero-order chi connectivity index (χ0) is 19.1. The fourth-order valence-electron chi connectivity index (χ4n) is 3.84. The molecule has 0 saturated carbocycles. The first-order valence-corrected chi connectivity index (χ1v) is 8.68. The summed E-state index contributed by atoms with van der Waals surface area (Å²) in [4.78, 5) is 38.3. The molecule has 1 atom stereocenters. The molecular formula is C20H18N4O3. The van der Waals surface area contributed by atoms with Crippen LogP contribution in [-0.2, 0) is 16.0 Å². The van der Waals surface area contributed by atoms with E-state index in [0.717, 1.165) is 16.3 Å². The second-order valence-corrected chi connectivity index (χ2v) is 6.68. The highest BCUT2D eigenvalue weighted by molar-refractivity contribution is 6.27. The number of allylic oxidation sites excluding steroid dienone is 1. The Morgan fingerprint density at radius 3 is 2.78 bits per heavy atom. The van der Waals surface area contributed by atoms with E-state index in [0.29, 0.717) is 29.7 Å². The third kappa shape index (κ3) is 2.59. The highest BCUT2D eigenvalue weighted by Gasteiger charge is 2.40. The molecule has 2 heterocycles. The molecule has 2 aromatic rings. The molecule has 0 bridgehead atoms. The zero-order valence-corrected chi connectivity index (χ0v) is 14.5. The Kier molecular flexibility index (Phi) is 3.99. The first kappa shape index (κ1) is 17.0. The molecule has 0 aromatic heterocycles. The van der Waals surface area contributed by atoms with Gasteiger partial charge in [0.2, 0.25) is 11.8 Å². The third-order valence-electron chi connectivity index (χ3n) is 5.13. The van der Waals surface area contributed by atoms with Gasteiger partial charge in [0.05, 0.1) is 5.69 Å². The molecule has 2 aliphatic heterocycles. The summed E-state index contributed by atoms with van der Waals surface area (Å²) >= 11 is 0. The first-order valence-electron chi connectivity index (χ1n) is 8.68. The van der Waals surface area contributed by atoms with Crippen LogP contribution in [0.5, 0.6) is 0 Å². The van der Waals surface area contributed by atoms with E-state index in [4.69, 9.17) is 11.1 Å². The maximum Gasteiger partial charge on any atom is 0.259 e. The van der Waals surface area contributed by atoms with Crippen LogP contribution in [0.2, 0.25) is 0 Å². The van der Waals surface area contributed by atoms with E-state index < -0.39 is 11.9 Å². The van der Waals surface area contributed by atoms with Crippen LogP contribution in [0.4, 0.5) is 5.69 Å². The van der Waals surface area contributed by atoms with Crippen LogP contribution < -0.4 is 16.0 Å². The molecule has 4 rings (SSSR count). The summed E-state index contributed by atoms with van der Waals surface area (Å²) in [5.74, 6) is -0.987. The molecule has 0 spiro atoms. The predicted molar refractivity (Wildman–Crippen MR) is 102 cm³/mol. The quantitative estimate of drug-likeness (QED) is 0.566. The lowest BCUT2D eigenvalue weighted by atomic mass is 9.96. The molecule has 7 nitrogen and oxygen atoms in total. The minimum Gasteiger partial charge on any atom is -0.404 e. The van der Waals surface area contributed by atoms with Gasteiger partial charge in [-0.2, -0.15) is 0 Å². The van der Waals surface area contributed by atoms with Gasteiger partial charge in [0.25, 0.3) is 5.91 Å². The molecule has 0 aliphatic carbocycles. The van der Waals surface area contributed by atoms with Crippen LogP contribution in [0.3, 0.4) is 0 Å². The van der Waals surface area contributed by atoms with Gasteiger partial charge >= 0.3 is 0 Å². The minimum atomic E-state index is -0.697. The fourth-order valence-corrected chi connectivity index (χ4v) is 3.84. The van der Waals surface area contributed by atoms with Gasteiger partial charge in [0.1, 0.15) is 6.04 Å². The highest BCUT2D eigenvalue weighted by Crippen LogP contribution is 2.41. The lowest BCUT2D eigenvalue weighted by Crippen LogP contribution is -2.53. The number of nitrogens with one attached hydrogen (secondary N) is 2. The lowest BCUT2D eigenvalue weighted by Gasteiger charge is -2.30. The largest absolute Gasteiger partial charge is 0.404 e. The van der Waals surface area contributed by atoms with Gasteiger partial charge in [-0.25, -0.2) is 0 Å². The topological polar surface area (TPSA) is 116 Å². The van der Waals surface area contributed by atoms with E-state index in [9.17, 15) is 14.4 Å². The van der Waals surface area contributed by atoms with Crippen LogP contribution in [0, 0.1) is 5.41 Å². The Labute approximate surface area is 155 Å². The van der Waals surface area contributed by atoms with Crippen LogP contribution in [-0.4, -0.2) is 30.0 Å². The summed E-state index contributed by atoms with van der Waals surface area (Å²) in [6.07, 6.45) is 3.61. The zero-order valence-electron chi connectivity index (χ0n) is 14.5. The fraction of sp³-hybridized carbons (Fsp3) is 0.200. The summed E-state index contributed by atoms with van der Waals surface area (Å²) in [5.41, 5.74) is 8.41. The van der Waals surface area contributed by atoms with Crippen molar-refractivity contribution >= 4 is 40.4 Å². The van der Waals surface area contributed by atoms with Crippen molar-refractivity contribution < 1.29 is 14.4 Å². The molecule has 27 heavy (non-hydrogen) atoms. The average Bonchev–Trinajstić information content (AvgIpc) is 2.95. The van der Waals surface area contributed by atoms with E-state index in [1.165, 1.54) is 17.3 Å². The number of nitrogens with two attached hydrogens (primary N) is 1. The van der Waals surface area contributed by atoms with Crippen LogP contribution >= 0.6 is 0 Å². The number of imide groups is 1. The number of rotatable bonds is 4. The first-order chi connectivity index (χ1) is 13.0. The van der Waals surface area contributed by atoms with Gasteiger partial charge in [-0.05, 0) is 41.3 Å². The molecular weight excluding hydrogens is 344 g/mol. The van der Waals surface area contributed by atoms with Crippen molar-refractivity contribution in [1.82, 2.24) is 5.32 Å². The number of benzene rings is 2. The highest BCUT2D eigenvalue weighted by atomic mass is 16.2. The second-order valence-electron chi connectivity index (χ2n) is 6.68. The normalized spacial score (nSPS) is 19.6. The van der Waals surface area contributed by atoms with E-state index in [2.05, 4.69) is 5.32 Å². The van der Waals surface area contributed by atoms with Crippen molar-refractivity contribution in [2.75, 3.05) is 4.90 Å². The summed E-state index contributed by atoms with van der Waals surface area (Å²) in [6, 6.07) is 8.52. The molecule has 4 N–H and O–H groups in total. The standard InChI is InChI=1S/C20H18N4O3/c21-9-11(10-22)8-12-4-5-15-18-13(12)2-1-3-14(18)20(27)24(15)16-6-7-17(25)23-19(16)26/h1-5,9-10,16,21H,6-8,22H2,(H,23,25,26)/b11-10-,21-9?. The minimum absolute atomic E-state index is 0.210. The number of carbonyl (C=O) groups is 3. The van der Waals surface area contributed by atoms with Gasteiger partial charge in [0, 0.05) is 30.0 Å². The number of amides is 3. The molecule has 1 unspecified atom stereocenters. The monoisotopic (exact) mass is 362 g/mol. The lowest BCUT2D eigenvalue weighted by molar-refractivity contribution is -0.134. The molecule has 2 aliphatic rings. The smallest absolute Gasteiger partial charge is 0.259 e. The maximum absolute atomic E-state index is 13.0. The van der Waals surface area contributed by atoms with Crippen molar-refractivity contribution in [3.8, 4) is 0 Å². The summed E-state index contributed by atoms with van der Waals surface area (Å²) in [6.45, 7) is 0. The van der Waals surface area contributed by atoms with Gasteiger partial charge < -0.3 is 11.1 Å². The van der Waals surface area contributed by atoms with Crippen molar-refractivity contribution in [3.05, 3.63) is 53.2 Å². The molecule has 0 radical (unpaired) electrons. The predicted octanol–water partition coefficient (Wildman–Crippen LogP) is 1.64. The van der Waals surface area contributed by atoms with Crippen molar-refractivity contribution in [2.45, 2.75) is 25.3 Å². The van der Waals surface area contributed by atoms with Gasteiger partial charge in [-0.1, -0.05) is 18.2 Å². The number of piperidine rings is 1. The third-order valence-corrected chi connectivity index (χ3v) is 5.13. The SMILES string of the molecule is N=C/C(=C\N)Cc1ccc2c3c(cccc13)C(=O)N2C1CCC(=O)NC1=O. The van der Waals surface area contributed by atoms with Crippen molar-refractivity contribution in [3.63, 3.8) is 0 Å². The number of hydrogen-bond donors (Lipinski definition) is 3. The summed E-state index contributed by atoms with van der Waals surface area (Å²) in [5, 5.41) is 11.5. The summed E-state index contributed by atoms with van der Waals surface area (Å²) < 4.78 is 0. The van der Waals surface area contributed by atoms with E-state index in [1.807, 2.05) is 24.3 Å². The molecule has 3 amide bonds. The number of nitrogens with zero attached hydrogens (tertiary/aromatic N) is 1. The number of anilines is 1. The van der Waals surface area contributed by atoms with Crippen molar-refractivity contribution in [1.29, 1.82) is 5.41 Å². The Bertz CT molecular complexity index is 1040. The Balaban J connectivity index is 1.83. The molecule has 1 fully saturated rings. The number of carbonyl (C=O) groups excluding carboxylic acids is 3. The number of hydrogen-bond acceptors (Lipinski definition) is 5. The van der Waals surface area contributed by atoms with E-state index in [1.54, 1.807) is 6.07 Å².